The summed E-state index contributed by atoms with van der Waals surface area (Å²) in [6.07, 6.45) is -10.7. The first-order chi connectivity index (χ1) is 16.1. The molecule has 34 heavy (non-hydrogen) atoms. The number of carboxylic acid groups (broad SMARTS) is 1. The molecule has 1 unspecified atom stereocenters. The second-order valence-corrected chi connectivity index (χ2v) is 8.44. The van der Waals surface area contributed by atoms with Crippen LogP contribution in [0.5, 0.6) is 0 Å². The summed E-state index contributed by atoms with van der Waals surface area (Å²) in [7, 11) is 0. The van der Waals surface area contributed by atoms with Crippen LogP contribution in [0.15, 0.2) is 0 Å². The van der Waals surface area contributed by atoms with Gasteiger partial charge in [-0.1, -0.05) is 6.92 Å². The van der Waals surface area contributed by atoms with Crippen molar-refractivity contribution >= 4 is 17.8 Å². The minimum atomic E-state index is -1.55. The molecule has 0 aromatic heterocycles. The van der Waals surface area contributed by atoms with Gasteiger partial charge in [0.15, 0.2) is 18.7 Å². The summed E-state index contributed by atoms with van der Waals surface area (Å²) in [4.78, 5) is 35.3. The maximum atomic E-state index is 12.1. The average molecular weight is 492 g/mol. The average Bonchev–Trinajstić information content (AvgIpc) is 3.23. The van der Waals surface area contributed by atoms with E-state index in [2.05, 4.69) is 10.6 Å². The fraction of sp³-hybridized carbons (Fsp3) is 0.850. The van der Waals surface area contributed by atoms with E-state index in [1.807, 2.05) is 0 Å². The number of rotatable bonds is 9. The smallest absolute Gasteiger partial charge is 0.332 e. The molecule has 0 aromatic rings. The summed E-state index contributed by atoms with van der Waals surface area (Å²) in [5.41, 5.74) is 0. The van der Waals surface area contributed by atoms with Crippen LogP contribution in [0.4, 0.5) is 0 Å². The lowest BCUT2D eigenvalue weighted by Crippen LogP contribution is -2.68. The van der Waals surface area contributed by atoms with E-state index < -0.39 is 91.8 Å². The summed E-state index contributed by atoms with van der Waals surface area (Å²) in [5, 5.41) is 45.0. The van der Waals surface area contributed by atoms with Crippen molar-refractivity contribution in [3.05, 3.63) is 0 Å². The van der Waals surface area contributed by atoms with Gasteiger partial charge in [-0.3, -0.25) is 9.59 Å². The Kier molecular flexibility index (Phi) is 8.81. The lowest BCUT2D eigenvalue weighted by molar-refractivity contribution is -0.313. The van der Waals surface area contributed by atoms with Gasteiger partial charge >= 0.3 is 5.97 Å². The Labute approximate surface area is 195 Å². The number of aliphatic carboxylic acids is 1. The Bertz CT molecular complexity index is 753. The Morgan fingerprint density at radius 1 is 1.09 bits per heavy atom. The van der Waals surface area contributed by atoms with Gasteiger partial charge in [-0.05, 0) is 6.92 Å². The van der Waals surface area contributed by atoms with Crippen LogP contribution in [0, 0.1) is 0 Å². The maximum Gasteiger partial charge on any atom is 0.332 e. The van der Waals surface area contributed by atoms with Crippen molar-refractivity contribution in [1.29, 1.82) is 0 Å². The SMILES string of the molecule is CCC(=O)N[C@H]1[C@H](O[C@H]2[C@H](O[C@H](C)C(=O)O)[C@@H](NC(C)=O)C3OC[C@H]2O3)O[C@H](CO)[C@@H](O)[C@@H]1O. The van der Waals surface area contributed by atoms with Gasteiger partial charge in [0.25, 0.3) is 0 Å². The first kappa shape index (κ1) is 26.7. The van der Waals surface area contributed by atoms with Crippen molar-refractivity contribution in [3.8, 4) is 0 Å². The molecule has 3 saturated heterocycles. The molecule has 3 heterocycles. The zero-order chi connectivity index (χ0) is 25.2. The largest absolute Gasteiger partial charge is 0.479 e. The molecule has 2 bridgehead atoms. The van der Waals surface area contributed by atoms with Crippen molar-refractivity contribution in [1.82, 2.24) is 10.6 Å². The monoisotopic (exact) mass is 492 g/mol. The highest BCUT2D eigenvalue weighted by atomic mass is 16.8. The van der Waals surface area contributed by atoms with Crippen LogP contribution < -0.4 is 10.6 Å². The number of aliphatic hydroxyl groups is 3. The third kappa shape index (κ3) is 5.66. The molecule has 3 rings (SSSR count). The van der Waals surface area contributed by atoms with Crippen LogP contribution in [-0.2, 0) is 38.1 Å². The molecule has 3 fully saturated rings. The zero-order valence-corrected chi connectivity index (χ0v) is 19.0. The van der Waals surface area contributed by atoms with Gasteiger partial charge in [0, 0.05) is 13.3 Å². The summed E-state index contributed by atoms with van der Waals surface area (Å²) >= 11 is 0. The van der Waals surface area contributed by atoms with Gasteiger partial charge in [0.1, 0.15) is 48.7 Å². The van der Waals surface area contributed by atoms with Crippen molar-refractivity contribution in [2.24, 2.45) is 0 Å². The summed E-state index contributed by atoms with van der Waals surface area (Å²) in [6.45, 7) is 3.55. The van der Waals surface area contributed by atoms with Gasteiger partial charge in [-0.2, -0.15) is 0 Å². The van der Waals surface area contributed by atoms with E-state index in [0.717, 1.165) is 0 Å². The molecule has 3 aliphatic rings. The highest BCUT2D eigenvalue weighted by Gasteiger charge is 2.56. The molecule has 14 heteroatoms. The molecular formula is C20H32N2O12. The van der Waals surface area contributed by atoms with E-state index in [1.54, 1.807) is 6.92 Å². The second kappa shape index (κ2) is 11.2. The predicted octanol–water partition coefficient (Wildman–Crippen LogP) is -3.18. The van der Waals surface area contributed by atoms with E-state index in [-0.39, 0.29) is 13.0 Å². The Balaban J connectivity index is 1.91. The summed E-state index contributed by atoms with van der Waals surface area (Å²) < 4.78 is 28.8. The third-order valence-corrected chi connectivity index (χ3v) is 5.97. The molecule has 0 spiro atoms. The minimum Gasteiger partial charge on any atom is -0.479 e. The van der Waals surface area contributed by atoms with E-state index >= 15 is 0 Å². The number of amides is 2. The lowest BCUT2D eigenvalue weighted by atomic mass is 9.95. The predicted molar refractivity (Wildman–Crippen MR) is 109 cm³/mol. The van der Waals surface area contributed by atoms with Gasteiger partial charge in [-0.25, -0.2) is 4.79 Å². The third-order valence-electron chi connectivity index (χ3n) is 5.97. The standard InChI is InChI=1S/C20H32N2O12/c1-4-11(25)22-12-15(27)14(26)9(5-23)32-20(12)34-16-10-6-30-19(33-10)13(21-8(3)24)17(16)31-7(2)18(28)29/h7,9-10,12-17,19-20,23,26-27H,4-6H2,1-3H3,(H,21,24)(H,22,25)(H,28,29)/t7-,9-,10-,12-,13-,14-,15-,16-,17-,19?,20+/m1/s1. The van der Waals surface area contributed by atoms with Crippen molar-refractivity contribution in [2.45, 2.75) is 94.6 Å². The van der Waals surface area contributed by atoms with Gasteiger partial charge in [0.2, 0.25) is 11.8 Å². The van der Waals surface area contributed by atoms with Crippen LogP contribution in [0.2, 0.25) is 0 Å². The topological polar surface area (TPSA) is 202 Å². The Morgan fingerprint density at radius 3 is 2.38 bits per heavy atom. The highest BCUT2D eigenvalue weighted by molar-refractivity contribution is 5.76. The molecule has 194 valence electrons. The van der Waals surface area contributed by atoms with Crippen LogP contribution in [0.25, 0.3) is 0 Å². The molecule has 14 nitrogen and oxygen atoms in total. The number of nitrogens with one attached hydrogen (secondary N) is 2. The molecule has 0 aliphatic carbocycles. The fourth-order valence-electron chi connectivity index (χ4n) is 4.17. The number of carboxylic acids is 1. The fourth-order valence-corrected chi connectivity index (χ4v) is 4.17. The van der Waals surface area contributed by atoms with E-state index in [0.29, 0.717) is 0 Å². The van der Waals surface area contributed by atoms with E-state index in [1.165, 1.54) is 13.8 Å². The number of aliphatic hydroxyl groups excluding tert-OH is 3. The normalized spacial score (nSPS) is 40.4. The number of carbonyl (C=O) groups excluding carboxylic acids is 2. The molecule has 6 N–H and O–H groups in total. The number of carbonyl (C=O) groups is 3. The number of fused-ring (bicyclic) bond motifs is 2. The van der Waals surface area contributed by atoms with Crippen LogP contribution >= 0.6 is 0 Å². The summed E-state index contributed by atoms with van der Waals surface area (Å²) in [5.74, 6) is -2.15. The zero-order valence-electron chi connectivity index (χ0n) is 19.0. The van der Waals surface area contributed by atoms with Gasteiger partial charge in [-0.15, -0.1) is 0 Å². The van der Waals surface area contributed by atoms with Crippen LogP contribution in [0.3, 0.4) is 0 Å². The molecular weight excluding hydrogens is 460 g/mol. The van der Waals surface area contributed by atoms with E-state index in [9.17, 15) is 34.8 Å². The maximum absolute atomic E-state index is 12.1. The van der Waals surface area contributed by atoms with Gasteiger partial charge in [0.05, 0.1) is 13.2 Å². The molecule has 2 amide bonds. The summed E-state index contributed by atoms with van der Waals surface area (Å²) in [6, 6.07) is -2.18. The molecule has 0 aromatic carbocycles. The first-order valence-corrected chi connectivity index (χ1v) is 11.1. The first-order valence-electron chi connectivity index (χ1n) is 11.1. The molecule has 3 aliphatic heterocycles. The molecule has 11 atom stereocenters. The minimum absolute atomic E-state index is 0.0278. The van der Waals surface area contributed by atoms with E-state index in [4.69, 9.17) is 23.7 Å². The number of ether oxygens (including phenoxy) is 5. The van der Waals surface area contributed by atoms with Gasteiger partial charge < -0.3 is 54.7 Å². The Morgan fingerprint density at radius 2 is 1.79 bits per heavy atom. The number of hydrogen-bond donors (Lipinski definition) is 6. The molecule has 0 radical (unpaired) electrons. The Hall–Kier alpha value is -1.91. The van der Waals surface area contributed by atoms with Crippen molar-refractivity contribution in [2.75, 3.05) is 13.2 Å². The van der Waals surface area contributed by atoms with Crippen molar-refractivity contribution in [3.63, 3.8) is 0 Å². The second-order valence-electron chi connectivity index (χ2n) is 8.44. The number of hydrogen-bond acceptors (Lipinski definition) is 11. The highest BCUT2D eigenvalue weighted by Crippen LogP contribution is 2.35. The van der Waals surface area contributed by atoms with Crippen molar-refractivity contribution < 1.29 is 58.5 Å². The van der Waals surface area contributed by atoms with Crippen LogP contribution in [0.1, 0.15) is 27.2 Å². The molecule has 0 saturated carbocycles. The lowest BCUT2D eigenvalue weighted by Gasteiger charge is -2.47. The van der Waals surface area contributed by atoms with Crippen LogP contribution in [-0.4, -0.2) is 119 Å². The quantitative estimate of drug-likeness (QED) is 0.189.